The third-order valence-electron chi connectivity index (χ3n) is 3.39. The third kappa shape index (κ3) is 2.27. The molecule has 0 atom stereocenters. The third-order valence-corrected chi connectivity index (χ3v) is 3.39. The van der Waals surface area contributed by atoms with Gasteiger partial charge in [0, 0.05) is 5.56 Å². The van der Waals surface area contributed by atoms with Gasteiger partial charge in [-0.1, -0.05) is 66.7 Å². The Labute approximate surface area is 112 Å². The molecule has 3 rings (SSSR count). The molecule has 19 heavy (non-hydrogen) atoms. The first-order valence-corrected chi connectivity index (χ1v) is 6.38. The van der Waals surface area contributed by atoms with Crippen molar-refractivity contribution in [3.05, 3.63) is 83.4 Å². The van der Waals surface area contributed by atoms with Crippen LogP contribution in [0, 0.1) is 0 Å². The Kier molecular flexibility index (Phi) is 3.11. The zero-order chi connectivity index (χ0) is 13.1. The maximum Gasteiger partial charge on any atom is 0.150 e. The fourth-order valence-electron chi connectivity index (χ4n) is 2.51. The van der Waals surface area contributed by atoms with Crippen molar-refractivity contribution < 1.29 is 4.79 Å². The SMILES string of the molecule is O=Cc1cccc2cccc(Cc3ccccc3)c12. The maximum atomic E-state index is 11.2. The minimum Gasteiger partial charge on any atom is -0.298 e. The number of hydrogen-bond acceptors (Lipinski definition) is 1. The van der Waals surface area contributed by atoms with Crippen LogP contribution >= 0.6 is 0 Å². The summed E-state index contributed by atoms with van der Waals surface area (Å²) in [6, 6.07) is 22.4. The molecule has 0 aliphatic rings. The van der Waals surface area contributed by atoms with Crippen molar-refractivity contribution in [1.29, 1.82) is 0 Å². The van der Waals surface area contributed by atoms with Gasteiger partial charge < -0.3 is 0 Å². The highest BCUT2D eigenvalue weighted by molar-refractivity contribution is 6.00. The first-order valence-electron chi connectivity index (χ1n) is 6.38. The Bertz CT molecular complexity index is 709. The number of rotatable bonds is 3. The molecule has 3 aromatic rings. The Balaban J connectivity index is 2.16. The van der Waals surface area contributed by atoms with Gasteiger partial charge in [0.25, 0.3) is 0 Å². The monoisotopic (exact) mass is 246 g/mol. The van der Waals surface area contributed by atoms with Crippen LogP contribution in [0.1, 0.15) is 21.5 Å². The van der Waals surface area contributed by atoms with Gasteiger partial charge in [0.1, 0.15) is 0 Å². The van der Waals surface area contributed by atoms with E-state index in [0.717, 1.165) is 29.0 Å². The van der Waals surface area contributed by atoms with Gasteiger partial charge in [-0.25, -0.2) is 0 Å². The Hall–Kier alpha value is -2.41. The van der Waals surface area contributed by atoms with Crippen molar-refractivity contribution >= 4 is 17.1 Å². The van der Waals surface area contributed by atoms with Crippen LogP contribution in [-0.2, 0) is 6.42 Å². The van der Waals surface area contributed by atoms with E-state index in [1.54, 1.807) is 0 Å². The molecule has 3 aromatic carbocycles. The molecule has 0 aromatic heterocycles. The molecule has 0 heterocycles. The van der Waals surface area contributed by atoms with E-state index < -0.39 is 0 Å². The molecular formula is C18H14O. The molecule has 0 saturated carbocycles. The van der Waals surface area contributed by atoms with Crippen molar-refractivity contribution in [3.8, 4) is 0 Å². The average Bonchev–Trinajstić information content (AvgIpc) is 2.48. The first kappa shape index (κ1) is 11.7. The summed E-state index contributed by atoms with van der Waals surface area (Å²) in [5, 5.41) is 2.20. The zero-order valence-electron chi connectivity index (χ0n) is 10.5. The average molecular weight is 246 g/mol. The minimum absolute atomic E-state index is 0.768. The molecule has 0 fully saturated rings. The lowest BCUT2D eigenvalue weighted by Gasteiger charge is -2.08. The molecule has 0 bridgehead atoms. The second kappa shape index (κ2) is 5.07. The molecule has 0 radical (unpaired) electrons. The van der Waals surface area contributed by atoms with Crippen LogP contribution in [0.2, 0.25) is 0 Å². The second-order valence-corrected chi connectivity index (χ2v) is 4.64. The van der Waals surface area contributed by atoms with E-state index in [1.807, 2.05) is 30.3 Å². The number of fused-ring (bicyclic) bond motifs is 1. The van der Waals surface area contributed by atoms with E-state index in [-0.39, 0.29) is 0 Å². The Morgan fingerprint density at radius 2 is 1.53 bits per heavy atom. The van der Waals surface area contributed by atoms with Crippen LogP contribution in [0.5, 0.6) is 0 Å². The molecule has 0 N–H and O–H groups in total. The number of aldehydes is 1. The number of hydrogen-bond donors (Lipinski definition) is 0. The fraction of sp³-hybridized carbons (Fsp3) is 0.0556. The van der Waals surface area contributed by atoms with Gasteiger partial charge in [-0.3, -0.25) is 4.79 Å². The zero-order valence-corrected chi connectivity index (χ0v) is 10.5. The summed E-state index contributed by atoms with van der Waals surface area (Å²) >= 11 is 0. The highest BCUT2D eigenvalue weighted by Gasteiger charge is 2.06. The molecule has 0 aliphatic carbocycles. The highest BCUT2D eigenvalue weighted by atomic mass is 16.1. The van der Waals surface area contributed by atoms with Crippen LogP contribution in [0.25, 0.3) is 10.8 Å². The smallest absolute Gasteiger partial charge is 0.150 e. The van der Waals surface area contributed by atoms with Crippen molar-refractivity contribution in [2.75, 3.05) is 0 Å². The van der Waals surface area contributed by atoms with E-state index in [9.17, 15) is 4.79 Å². The minimum atomic E-state index is 0.768. The summed E-state index contributed by atoms with van der Waals surface area (Å²) in [6.07, 6.45) is 1.79. The van der Waals surface area contributed by atoms with Crippen molar-refractivity contribution in [2.45, 2.75) is 6.42 Å². The molecule has 0 amide bonds. The molecule has 0 spiro atoms. The lowest BCUT2D eigenvalue weighted by atomic mass is 9.95. The summed E-state index contributed by atoms with van der Waals surface area (Å²) in [5.41, 5.74) is 3.23. The molecule has 1 nitrogen and oxygen atoms in total. The van der Waals surface area contributed by atoms with E-state index >= 15 is 0 Å². The topological polar surface area (TPSA) is 17.1 Å². The summed E-state index contributed by atoms with van der Waals surface area (Å²) in [7, 11) is 0. The molecule has 0 aliphatic heterocycles. The number of carbonyl (C=O) groups is 1. The molecule has 0 saturated heterocycles. The van der Waals surface area contributed by atoms with Gasteiger partial charge in [0.05, 0.1) is 0 Å². The van der Waals surface area contributed by atoms with E-state index in [0.29, 0.717) is 0 Å². The molecular weight excluding hydrogens is 232 g/mol. The first-order chi connectivity index (χ1) is 9.38. The van der Waals surface area contributed by atoms with E-state index in [2.05, 4.69) is 36.4 Å². The van der Waals surface area contributed by atoms with E-state index in [1.165, 1.54) is 11.1 Å². The van der Waals surface area contributed by atoms with Crippen molar-refractivity contribution in [1.82, 2.24) is 0 Å². The predicted molar refractivity (Wildman–Crippen MR) is 78.6 cm³/mol. The van der Waals surface area contributed by atoms with Crippen LogP contribution in [0.15, 0.2) is 66.7 Å². The van der Waals surface area contributed by atoms with Crippen molar-refractivity contribution in [2.24, 2.45) is 0 Å². The van der Waals surface area contributed by atoms with Gasteiger partial charge in [0.2, 0.25) is 0 Å². The van der Waals surface area contributed by atoms with Gasteiger partial charge in [-0.15, -0.1) is 0 Å². The predicted octanol–water partition coefficient (Wildman–Crippen LogP) is 4.24. The van der Waals surface area contributed by atoms with Crippen LogP contribution in [-0.4, -0.2) is 6.29 Å². The van der Waals surface area contributed by atoms with Crippen LogP contribution in [0.3, 0.4) is 0 Å². The lowest BCUT2D eigenvalue weighted by Crippen LogP contribution is -1.93. The lowest BCUT2D eigenvalue weighted by molar-refractivity contribution is 0.112. The van der Waals surface area contributed by atoms with Crippen molar-refractivity contribution in [3.63, 3.8) is 0 Å². The summed E-state index contributed by atoms with van der Waals surface area (Å²) < 4.78 is 0. The quantitative estimate of drug-likeness (QED) is 0.632. The number of carbonyl (C=O) groups excluding carboxylic acids is 1. The van der Waals surface area contributed by atoms with Gasteiger partial charge in [0.15, 0.2) is 6.29 Å². The number of benzene rings is 3. The summed E-state index contributed by atoms with van der Waals surface area (Å²) in [4.78, 5) is 11.2. The Morgan fingerprint density at radius 1 is 0.789 bits per heavy atom. The largest absolute Gasteiger partial charge is 0.298 e. The normalized spacial score (nSPS) is 10.5. The molecule has 92 valence electrons. The maximum absolute atomic E-state index is 11.2. The van der Waals surface area contributed by atoms with Crippen LogP contribution in [0.4, 0.5) is 0 Å². The second-order valence-electron chi connectivity index (χ2n) is 4.64. The van der Waals surface area contributed by atoms with E-state index in [4.69, 9.17) is 0 Å². The van der Waals surface area contributed by atoms with Crippen LogP contribution < -0.4 is 0 Å². The van der Waals surface area contributed by atoms with Gasteiger partial charge in [-0.2, -0.15) is 0 Å². The summed E-state index contributed by atoms with van der Waals surface area (Å²) in [5.74, 6) is 0. The van der Waals surface area contributed by atoms with Gasteiger partial charge in [-0.05, 0) is 28.3 Å². The summed E-state index contributed by atoms with van der Waals surface area (Å²) in [6.45, 7) is 0. The molecule has 0 unspecified atom stereocenters. The molecule has 1 heteroatoms. The van der Waals surface area contributed by atoms with Gasteiger partial charge >= 0.3 is 0 Å². The Morgan fingerprint density at radius 3 is 2.26 bits per heavy atom. The standard InChI is InChI=1S/C18H14O/c19-13-17-11-5-9-15-8-4-10-16(18(15)17)12-14-6-2-1-3-7-14/h1-11,13H,12H2. The highest BCUT2D eigenvalue weighted by Crippen LogP contribution is 2.24. The fourth-order valence-corrected chi connectivity index (χ4v) is 2.51.